The lowest BCUT2D eigenvalue weighted by Crippen LogP contribution is -2.13. The molecule has 5 aromatic heterocycles. The third-order valence-electron chi connectivity index (χ3n) is 6.76. The van der Waals surface area contributed by atoms with Crippen molar-refractivity contribution in [3.8, 4) is 34.1 Å². The van der Waals surface area contributed by atoms with E-state index in [4.69, 9.17) is 9.72 Å². The van der Waals surface area contributed by atoms with Gasteiger partial charge in [0.2, 0.25) is 11.8 Å². The monoisotopic (exact) mass is 516 g/mol. The van der Waals surface area contributed by atoms with Gasteiger partial charge in [0.25, 0.3) is 0 Å². The summed E-state index contributed by atoms with van der Waals surface area (Å²) in [5, 5.41) is 9.67. The SMILES string of the molecule is C[CH]C(=O)Nc1cc(-c2cnc3cccc(C)n23)cc(-n2ncc(-c3ccc4c(C)nccc4c3)c2OC)n1. The van der Waals surface area contributed by atoms with Crippen molar-refractivity contribution in [2.75, 3.05) is 12.4 Å². The Hall–Kier alpha value is -5.05. The predicted octanol–water partition coefficient (Wildman–Crippen LogP) is 5.59. The van der Waals surface area contributed by atoms with E-state index in [0.29, 0.717) is 17.5 Å². The Morgan fingerprint density at radius 1 is 1.00 bits per heavy atom. The van der Waals surface area contributed by atoms with Gasteiger partial charge >= 0.3 is 0 Å². The van der Waals surface area contributed by atoms with E-state index in [1.54, 1.807) is 24.9 Å². The topological polar surface area (TPSA) is 99.2 Å². The third kappa shape index (κ3) is 4.27. The van der Waals surface area contributed by atoms with Crippen molar-refractivity contribution in [3.05, 3.63) is 91.0 Å². The molecule has 6 rings (SSSR count). The zero-order valence-electron chi connectivity index (χ0n) is 22.0. The molecule has 39 heavy (non-hydrogen) atoms. The summed E-state index contributed by atoms with van der Waals surface area (Å²) in [5.74, 6) is 1.15. The average Bonchev–Trinajstić information content (AvgIpc) is 3.58. The molecule has 0 aliphatic heterocycles. The van der Waals surface area contributed by atoms with E-state index >= 15 is 0 Å². The third-order valence-corrected chi connectivity index (χ3v) is 6.76. The molecule has 0 aliphatic rings. The minimum Gasteiger partial charge on any atom is -0.480 e. The Bertz CT molecular complexity index is 1870. The molecular formula is C30H26N7O2. The number of anilines is 1. The number of pyridine rings is 3. The molecule has 0 fully saturated rings. The van der Waals surface area contributed by atoms with Gasteiger partial charge in [-0.2, -0.15) is 9.78 Å². The highest BCUT2D eigenvalue weighted by Gasteiger charge is 2.19. The number of aryl methyl sites for hydroxylation is 2. The largest absolute Gasteiger partial charge is 0.480 e. The highest BCUT2D eigenvalue weighted by atomic mass is 16.5. The molecule has 1 amide bonds. The van der Waals surface area contributed by atoms with Crippen LogP contribution in [0, 0.1) is 20.3 Å². The van der Waals surface area contributed by atoms with Crippen molar-refractivity contribution in [1.82, 2.24) is 29.1 Å². The van der Waals surface area contributed by atoms with Crippen LogP contribution in [0.5, 0.6) is 5.88 Å². The summed E-state index contributed by atoms with van der Waals surface area (Å²) in [5.41, 5.74) is 6.30. The van der Waals surface area contributed by atoms with Gasteiger partial charge in [-0.25, -0.2) is 9.97 Å². The second kappa shape index (κ2) is 9.68. The van der Waals surface area contributed by atoms with E-state index in [2.05, 4.69) is 36.9 Å². The Kier molecular flexibility index (Phi) is 6.03. The van der Waals surface area contributed by atoms with Crippen LogP contribution in [0.2, 0.25) is 0 Å². The number of amides is 1. The van der Waals surface area contributed by atoms with Crippen LogP contribution in [0.4, 0.5) is 5.82 Å². The van der Waals surface area contributed by atoms with Crippen molar-refractivity contribution in [1.29, 1.82) is 0 Å². The fourth-order valence-electron chi connectivity index (χ4n) is 4.83. The fraction of sp³-hybridized carbons (Fsp3) is 0.133. The number of hydrogen-bond acceptors (Lipinski definition) is 6. The number of carbonyl (C=O) groups is 1. The Morgan fingerprint density at radius 2 is 1.87 bits per heavy atom. The van der Waals surface area contributed by atoms with Crippen LogP contribution >= 0.6 is 0 Å². The number of carbonyl (C=O) groups excluding carboxylic acids is 1. The lowest BCUT2D eigenvalue weighted by Gasteiger charge is -2.13. The molecule has 9 nitrogen and oxygen atoms in total. The zero-order valence-corrected chi connectivity index (χ0v) is 22.0. The van der Waals surface area contributed by atoms with Crippen molar-refractivity contribution in [2.24, 2.45) is 0 Å². The molecule has 0 aliphatic carbocycles. The summed E-state index contributed by atoms with van der Waals surface area (Å²) in [6.45, 7) is 5.70. The first-order valence-corrected chi connectivity index (χ1v) is 12.5. The lowest BCUT2D eigenvalue weighted by atomic mass is 10.0. The zero-order chi connectivity index (χ0) is 27.1. The first-order chi connectivity index (χ1) is 19.0. The number of methoxy groups -OCH3 is 1. The van der Waals surface area contributed by atoms with Gasteiger partial charge in [-0.1, -0.05) is 25.1 Å². The average molecular weight is 517 g/mol. The Labute approximate surface area is 225 Å². The maximum Gasteiger partial charge on any atom is 0.229 e. The van der Waals surface area contributed by atoms with Gasteiger partial charge in [0.15, 0.2) is 5.82 Å². The van der Waals surface area contributed by atoms with Crippen LogP contribution in [0.3, 0.4) is 0 Å². The minimum atomic E-state index is -0.256. The summed E-state index contributed by atoms with van der Waals surface area (Å²) >= 11 is 0. The Balaban J connectivity index is 1.51. The van der Waals surface area contributed by atoms with E-state index in [9.17, 15) is 4.79 Å². The van der Waals surface area contributed by atoms with Gasteiger partial charge in [0, 0.05) is 35.0 Å². The number of benzene rings is 1. The van der Waals surface area contributed by atoms with Gasteiger partial charge in [-0.05, 0) is 61.2 Å². The smallest absolute Gasteiger partial charge is 0.229 e. The second-order valence-electron chi connectivity index (χ2n) is 9.19. The standard InChI is InChI=1S/C30H26N7O2/c1-5-29(38)35-26-14-22(25-17-32-27-8-6-7-18(2)36(25)27)15-28(34-26)37-30(39-4)24(16-33-37)20-9-10-23-19(3)31-12-11-21(23)13-20/h5-17H,1-4H3,(H,34,35,38). The first-order valence-electron chi connectivity index (χ1n) is 12.5. The maximum atomic E-state index is 12.3. The van der Waals surface area contributed by atoms with Crippen LogP contribution in [-0.4, -0.2) is 42.2 Å². The van der Waals surface area contributed by atoms with Gasteiger partial charge in [0.05, 0.1) is 30.8 Å². The molecule has 6 aromatic rings. The molecular weight excluding hydrogens is 490 g/mol. The number of rotatable bonds is 6. The molecule has 1 N–H and O–H groups in total. The van der Waals surface area contributed by atoms with Gasteiger partial charge < -0.3 is 10.1 Å². The summed E-state index contributed by atoms with van der Waals surface area (Å²) in [6.07, 6.45) is 6.84. The van der Waals surface area contributed by atoms with E-state index in [-0.39, 0.29) is 5.91 Å². The van der Waals surface area contributed by atoms with Crippen LogP contribution in [0.25, 0.3) is 44.6 Å². The fourth-order valence-corrected chi connectivity index (χ4v) is 4.83. The Morgan fingerprint density at radius 3 is 2.69 bits per heavy atom. The van der Waals surface area contributed by atoms with Gasteiger partial charge in [-0.15, -0.1) is 0 Å². The maximum absolute atomic E-state index is 12.3. The predicted molar refractivity (Wildman–Crippen MR) is 151 cm³/mol. The summed E-state index contributed by atoms with van der Waals surface area (Å²) in [6, 6.07) is 17.9. The van der Waals surface area contributed by atoms with Crippen molar-refractivity contribution in [2.45, 2.75) is 20.8 Å². The van der Waals surface area contributed by atoms with Gasteiger partial charge in [-0.3, -0.25) is 14.2 Å². The number of hydrogen-bond donors (Lipinski definition) is 1. The summed E-state index contributed by atoms with van der Waals surface area (Å²) in [4.78, 5) is 25.9. The van der Waals surface area contributed by atoms with Crippen LogP contribution < -0.4 is 10.1 Å². The minimum absolute atomic E-state index is 0.256. The number of aromatic nitrogens is 6. The van der Waals surface area contributed by atoms with E-state index in [0.717, 1.165) is 50.2 Å². The van der Waals surface area contributed by atoms with Crippen molar-refractivity contribution >= 4 is 28.1 Å². The van der Waals surface area contributed by atoms with Crippen LogP contribution in [0.1, 0.15) is 18.3 Å². The molecule has 0 atom stereocenters. The molecule has 9 heteroatoms. The van der Waals surface area contributed by atoms with E-state index in [1.807, 2.05) is 68.7 Å². The number of imidazole rings is 1. The van der Waals surface area contributed by atoms with Crippen molar-refractivity contribution < 1.29 is 9.53 Å². The molecule has 0 saturated carbocycles. The summed E-state index contributed by atoms with van der Waals surface area (Å²) in [7, 11) is 1.61. The normalized spacial score (nSPS) is 11.3. The molecule has 0 spiro atoms. The molecule has 0 saturated heterocycles. The van der Waals surface area contributed by atoms with Crippen LogP contribution in [-0.2, 0) is 4.79 Å². The number of ether oxygens (including phenoxy) is 1. The summed E-state index contributed by atoms with van der Waals surface area (Å²) < 4.78 is 9.57. The van der Waals surface area contributed by atoms with Crippen molar-refractivity contribution in [3.63, 3.8) is 0 Å². The number of nitrogens with one attached hydrogen (secondary N) is 1. The van der Waals surface area contributed by atoms with E-state index in [1.165, 1.54) is 6.42 Å². The quantitative estimate of drug-likeness (QED) is 0.310. The molecule has 5 heterocycles. The molecule has 1 aromatic carbocycles. The molecule has 0 bridgehead atoms. The van der Waals surface area contributed by atoms with Crippen LogP contribution in [0.15, 0.2) is 73.2 Å². The highest BCUT2D eigenvalue weighted by Crippen LogP contribution is 2.35. The number of nitrogens with zero attached hydrogens (tertiary/aromatic N) is 6. The molecule has 193 valence electrons. The molecule has 1 radical (unpaired) electrons. The number of fused-ring (bicyclic) bond motifs is 2. The highest BCUT2D eigenvalue weighted by molar-refractivity contribution is 5.96. The van der Waals surface area contributed by atoms with Gasteiger partial charge in [0.1, 0.15) is 11.5 Å². The second-order valence-corrected chi connectivity index (χ2v) is 9.19. The lowest BCUT2D eigenvalue weighted by molar-refractivity contribution is -0.113. The van der Waals surface area contributed by atoms with E-state index < -0.39 is 0 Å². The first kappa shape index (κ1) is 24.3. The molecule has 0 unspecified atom stereocenters.